The van der Waals surface area contributed by atoms with Crippen LogP contribution in [-0.2, 0) is 11.3 Å². The first-order valence-corrected chi connectivity index (χ1v) is 6.94. The van der Waals surface area contributed by atoms with Crippen LogP contribution >= 0.6 is 0 Å². The van der Waals surface area contributed by atoms with Gasteiger partial charge in [-0.1, -0.05) is 74.5 Å². The Morgan fingerprint density at radius 1 is 0.842 bits per heavy atom. The third kappa shape index (κ3) is 4.22. The normalized spacial score (nSPS) is 12.6. The summed E-state index contributed by atoms with van der Waals surface area (Å²) < 4.78 is 5.90. The molecule has 0 saturated carbocycles. The van der Waals surface area contributed by atoms with E-state index in [9.17, 15) is 0 Å². The van der Waals surface area contributed by atoms with Gasteiger partial charge in [0.25, 0.3) is 0 Å². The average Bonchev–Trinajstić information content (AvgIpc) is 2.45. The highest BCUT2D eigenvalue weighted by Crippen LogP contribution is 2.24. The summed E-state index contributed by atoms with van der Waals surface area (Å²) in [4.78, 5) is 0. The van der Waals surface area contributed by atoms with E-state index in [1.165, 1.54) is 11.1 Å². The lowest BCUT2D eigenvalue weighted by atomic mass is 9.89. The Balaban J connectivity index is 1.92. The van der Waals surface area contributed by atoms with Gasteiger partial charge in [-0.05, 0) is 17.0 Å². The number of rotatable bonds is 6. The van der Waals surface area contributed by atoms with Crippen molar-refractivity contribution in [1.29, 1.82) is 0 Å². The first kappa shape index (κ1) is 13.8. The summed E-state index contributed by atoms with van der Waals surface area (Å²) in [6, 6.07) is 21.0. The van der Waals surface area contributed by atoms with Crippen LogP contribution in [0.4, 0.5) is 0 Å². The van der Waals surface area contributed by atoms with E-state index in [1.54, 1.807) is 0 Å². The van der Waals surface area contributed by atoms with Crippen LogP contribution in [0.3, 0.4) is 0 Å². The van der Waals surface area contributed by atoms with E-state index < -0.39 is 0 Å². The van der Waals surface area contributed by atoms with Crippen LogP contribution in [0.2, 0.25) is 0 Å². The minimum atomic E-state index is 0.463. The van der Waals surface area contributed by atoms with E-state index in [0.717, 1.165) is 6.61 Å². The Kier molecular flexibility index (Phi) is 5.17. The Bertz CT molecular complexity index is 462. The topological polar surface area (TPSA) is 9.23 Å². The molecule has 1 nitrogen and oxygen atoms in total. The zero-order valence-electron chi connectivity index (χ0n) is 11.8. The number of benzene rings is 2. The number of ether oxygens (including phenoxy) is 1. The van der Waals surface area contributed by atoms with Crippen LogP contribution in [-0.4, -0.2) is 6.61 Å². The van der Waals surface area contributed by atoms with Crippen LogP contribution in [0, 0.1) is 5.92 Å². The highest BCUT2D eigenvalue weighted by molar-refractivity contribution is 5.20. The molecule has 1 heteroatoms. The van der Waals surface area contributed by atoms with Crippen molar-refractivity contribution >= 4 is 0 Å². The number of hydrogen-bond acceptors (Lipinski definition) is 1. The first-order chi connectivity index (χ1) is 9.27. The van der Waals surface area contributed by atoms with Gasteiger partial charge >= 0.3 is 0 Å². The molecule has 100 valence electrons. The summed E-state index contributed by atoms with van der Waals surface area (Å²) in [6.45, 7) is 5.97. The van der Waals surface area contributed by atoms with Gasteiger partial charge in [0.15, 0.2) is 0 Å². The molecular formula is C18H22O. The predicted octanol–water partition coefficient (Wildman–Crippen LogP) is 4.64. The maximum atomic E-state index is 5.90. The molecule has 0 aromatic heterocycles. The average molecular weight is 254 g/mol. The van der Waals surface area contributed by atoms with Crippen molar-refractivity contribution in [2.24, 2.45) is 5.92 Å². The first-order valence-electron chi connectivity index (χ1n) is 6.94. The van der Waals surface area contributed by atoms with Gasteiger partial charge in [0.2, 0.25) is 0 Å². The lowest BCUT2D eigenvalue weighted by Gasteiger charge is -2.21. The summed E-state index contributed by atoms with van der Waals surface area (Å²) in [5, 5.41) is 0. The standard InChI is InChI=1S/C18H22O/c1-15(2)18(17-11-7-4-8-12-17)14-19-13-16-9-5-3-6-10-16/h3-12,15,18H,13-14H2,1-2H3/t18-/m1/s1. The molecule has 2 aromatic rings. The third-order valence-corrected chi connectivity index (χ3v) is 3.44. The fourth-order valence-corrected chi connectivity index (χ4v) is 2.25. The van der Waals surface area contributed by atoms with Gasteiger partial charge in [-0.2, -0.15) is 0 Å². The van der Waals surface area contributed by atoms with Crippen molar-refractivity contribution in [1.82, 2.24) is 0 Å². The Hall–Kier alpha value is -1.60. The van der Waals surface area contributed by atoms with E-state index >= 15 is 0 Å². The highest BCUT2D eigenvalue weighted by Gasteiger charge is 2.15. The van der Waals surface area contributed by atoms with Crippen LogP contribution < -0.4 is 0 Å². The zero-order chi connectivity index (χ0) is 13.5. The van der Waals surface area contributed by atoms with Gasteiger partial charge < -0.3 is 4.74 Å². The Morgan fingerprint density at radius 3 is 2.00 bits per heavy atom. The van der Waals surface area contributed by atoms with E-state index in [-0.39, 0.29) is 0 Å². The van der Waals surface area contributed by atoms with Gasteiger partial charge in [-0.3, -0.25) is 0 Å². The van der Waals surface area contributed by atoms with E-state index in [4.69, 9.17) is 4.74 Å². The number of hydrogen-bond donors (Lipinski definition) is 0. The fourth-order valence-electron chi connectivity index (χ4n) is 2.25. The molecule has 0 fully saturated rings. The Labute approximate surface area is 116 Å². The molecule has 2 aromatic carbocycles. The molecule has 0 radical (unpaired) electrons. The van der Waals surface area contributed by atoms with Gasteiger partial charge in [0, 0.05) is 5.92 Å². The lowest BCUT2D eigenvalue weighted by Crippen LogP contribution is -2.14. The summed E-state index contributed by atoms with van der Waals surface area (Å²) in [5.74, 6) is 1.04. The molecule has 0 N–H and O–H groups in total. The van der Waals surface area contributed by atoms with Crippen molar-refractivity contribution in [3.8, 4) is 0 Å². The molecule has 0 saturated heterocycles. The van der Waals surface area contributed by atoms with Gasteiger partial charge in [-0.15, -0.1) is 0 Å². The fraction of sp³-hybridized carbons (Fsp3) is 0.333. The second-order valence-electron chi connectivity index (χ2n) is 5.26. The largest absolute Gasteiger partial charge is 0.376 e. The van der Waals surface area contributed by atoms with Gasteiger partial charge in [0.1, 0.15) is 0 Å². The quantitative estimate of drug-likeness (QED) is 0.729. The van der Waals surface area contributed by atoms with E-state index in [1.807, 2.05) is 6.07 Å². The van der Waals surface area contributed by atoms with Crippen LogP contribution in [0.25, 0.3) is 0 Å². The smallest absolute Gasteiger partial charge is 0.0717 e. The predicted molar refractivity (Wildman–Crippen MR) is 80.1 cm³/mol. The van der Waals surface area contributed by atoms with Gasteiger partial charge in [0.05, 0.1) is 13.2 Å². The lowest BCUT2D eigenvalue weighted by molar-refractivity contribution is 0.0958. The maximum absolute atomic E-state index is 5.90. The minimum absolute atomic E-state index is 0.463. The molecule has 2 rings (SSSR count). The van der Waals surface area contributed by atoms with Crippen molar-refractivity contribution in [2.45, 2.75) is 26.4 Å². The molecule has 0 spiro atoms. The molecule has 0 aliphatic heterocycles. The molecule has 0 bridgehead atoms. The molecule has 0 aliphatic rings. The van der Waals surface area contributed by atoms with Crippen LogP contribution in [0.15, 0.2) is 60.7 Å². The monoisotopic (exact) mass is 254 g/mol. The summed E-state index contributed by atoms with van der Waals surface area (Å²) in [5.41, 5.74) is 2.60. The van der Waals surface area contributed by atoms with Gasteiger partial charge in [-0.25, -0.2) is 0 Å². The molecule has 0 aliphatic carbocycles. The second kappa shape index (κ2) is 7.10. The third-order valence-electron chi connectivity index (χ3n) is 3.44. The maximum Gasteiger partial charge on any atom is 0.0717 e. The van der Waals surface area contributed by atoms with Crippen molar-refractivity contribution < 1.29 is 4.74 Å². The molecule has 19 heavy (non-hydrogen) atoms. The molecule has 0 unspecified atom stereocenters. The minimum Gasteiger partial charge on any atom is -0.376 e. The van der Waals surface area contributed by atoms with Crippen LogP contribution in [0.1, 0.15) is 30.9 Å². The van der Waals surface area contributed by atoms with Crippen molar-refractivity contribution in [2.75, 3.05) is 6.61 Å². The molecule has 1 atom stereocenters. The highest BCUT2D eigenvalue weighted by atomic mass is 16.5. The summed E-state index contributed by atoms with van der Waals surface area (Å²) in [7, 11) is 0. The second-order valence-corrected chi connectivity index (χ2v) is 5.26. The molecule has 0 heterocycles. The summed E-state index contributed by atoms with van der Waals surface area (Å²) in [6.07, 6.45) is 0. The molecule has 0 amide bonds. The molecular weight excluding hydrogens is 232 g/mol. The SMILES string of the molecule is CC(C)[C@@H](COCc1ccccc1)c1ccccc1. The van der Waals surface area contributed by atoms with Crippen molar-refractivity contribution in [3.63, 3.8) is 0 Å². The zero-order valence-corrected chi connectivity index (χ0v) is 11.8. The van der Waals surface area contributed by atoms with E-state index in [0.29, 0.717) is 18.4 Å². The summed E-state index contributed by atoms with van der Waals surface area (Å²) >= 11 is 0. The van der Waals surface area contributed by atoms with Crippen molar-refractivity contribution in [3.05, 3.63) is 71.8 Å². The Morgan fingerprint density at radius 2 is 1.42 bits per heavy atom. The van der Waals surface area contributed by atoms with Crippen LogP contribution in [0.5, 0.6) is 0 Å². The van der Waals surface area contributed by atoms with E-state index in [2.05, 4.69) is 68.4 Å².